The van der Waals surface area contributed by atoms with Gasteiger partial charge in [0.1, 0.15) is 10.8 Å². The second-order valence-corrected chi connectivity index (χ2v) is 6.39. The molecule has 0 spiro atoms. The number of thiazole rings is 1. The van der Waals surface area contributed by atoms with Gasteiger partial charge in [0.2, 0.25) is 0 Å². The summed E-state index contributed by atoms with van der Waals surface area (Å²) < 4.78 is 0. The summed E-state index contributed by atoms with van der Waals surface area (Å²) >= 11 is 1.68. The molecular weight excluding hydrogens is 435 g/mol. The van der Waals surface area contributed by atoms with Crippen molar-refractivity contribution in [3.05, 3.63) is 40.5 Å². The van der Waals surface area contributed by atoms with Crippen molar-refractivity contribution in [3.63, 3.8) is 0 Å². The molecule has 0 radical (unpaired) electrons. The number of rotatable bonds is 3. The number of piperazine rings is 1. The van der Waals surface area contributed by atoms with Crippen LogP contribution in [0.4, 0.5) is 5.82 Å². The Balaban J connectivity index is 0.00000208. The maximum absolute atomic E-state index is 4.48. The minimum absolute atomic E-state index is 0. The van der Waals surface area contributed by atoms with E-state index in [-0.39, 0.29) is 24.0 Å². The fourth-order valence-corrected chi connectivity index (χ4v) is 3.37. The van der Waals surface area contributed by atoms with Crippen molar-refractivity contribution >= 4 is 47.1 Å². The fourth-order valence-electron chi connectivity index (χ4n) is 2.66. The number of nitrogens with one attached hydrogen (secondary N) is 1. The molecule has 1 saturated heterocycles. The molecule has 0 amide bonds. The van der Waals surface area contributed by atoms with Gasteiger partial charge in [-0.15, -0.1) is 35.3 Å². The highest BCUT2D eigenvalue weighted by Crippen LogP contribution is 2.13. The molecule has 8 heteroatoms. The van der Waals surface area contributed by atoms with E-state index in [1.165, 1.54) is 0 Å². The molecule has 1 N–H and O–H groups in total. The Labute approximate surface area is 164 Å². The average molecular weight is 458 g/mol. The molecular formula is C16H23IN6S. The van der Waals surface area contributed by atoms with Gasteiger partial charge in [0.05, 0.1) is 6.54 Å². The van der Waals surface area contributed by atoms with E-state index in [2.05, 4.69) is 41.5 Å². The number of aryl methyl sites for hydroxylation is 1. The Morgan fingerprint density at radius 2 is 2.08 bits per heavy atom. The minimum Gasteiger partial charge on any atom is -0.353 e. The van der Waals surface area contributed by atoms with Gasteiger partial charge in [-0.25, -0.2) is 9.97 Å². The van der Waals surface area contributed by atoms with Crippen molar-refractivity contribution in [2.24, 2.45) is 4.99 Å². The number of hydrogen-bond acceptors (Lipinski definition) is 5. The van der Waals surface area contributed by atoms with Gasteiger partial charge in [-0.05, 0) is 19.1 Å². The highest BCUT2D eigenvalue weighted by atomic mass is 127. The van der Waals surface area contributed by atoms with E-state index in [1.807, 2.05) is 32.3 Å². The fraction of sp³-hybridized carbons (Fsp3) is 0.438. The third-order valence-electron chi connectivity index (χ3n) is 3.83. The molecule has 3 heterocycles. The Kier molecular flexibility index (Phi) is 7.22. The van der Waals surface area contributed by atoms with E-state index in [0.29, 0.717) is 0 Å². The molecule has 2 aromatic rings. The summed E-state index contributed by atoms with van der Waals surface area (Å²) in [6, 6.07) is 6.05. The molecule has 1 aliphatic heterocycles. The molecule has 0 unspecified atom stereocenters. The molecule has 130 valence electrons. The van der Waals surface area contributed by atoms with Gasteiger partial charge in [0, 0.05) is 50.5 Å². The maximum atomic E-state index is 4.48. The molecule has 0 aromatic carbocycles. The van der Waals surface area contributed by atoms with Gasteiger partial charge in [0.25, 0.3) is 0 Å². The standard InChI is InChI=1S/C16H22N6S.HI/c1-13-12-23-15(20-13)11-19-16(17-2)22-9-7-21(8-10-22)14-5-3-4-6-18-14;/h3-6,12H,7-11H2,1-2H3,(H,17,19);1H. The molecule has 24 heavy (non-hydrogen) atoms. The van der Waals surface area contributed by atoms with Gasteiger partial charge in [-0.2, -0.15) is 0 Å². The van der Waals surface area contributed by atoms with Gasteiger partial charge < -0.3 is 15.1 Å². The number of guanidine groups is 1. The predicted octanol–water partition coefficient (Wildman–Crippen LogP) is 2.36. The summed E-state index contributed by atoms with van der Waals surface area (Å²) in [5, 5.41) is 6.58. The van der Waals surface area contributed by atoms with Gasteiger partial charge in [-0.1, -0.05) is 6.07 Å². The lowest BCUT2D eigenvalue weighted by Gasteiger charge is -2.37. The van der Waals surface area contributed by atoms with Gasteiger partial charge in [0.15, 0.2) is 5.96 Å². The average Bonchev–Trinajstić information content (AvgIpc) is 3.02. The number of halogens is 1. The number of nitrogens with zero attached hydrogens (tertiary/aromatic N) is 5. The first-order valence-corrected chi connectivity index (χ1v) is 8.67. The second kappa shape index (κ2) is 9.16. The lowest BCUT2D eigenvalue weighted by molar-refractivity contribution is 0.371. The van der Waals surface area contributed by atoms with Crippen molar-refractivity contribution in [1.29, 1.82) is 0 Å². The zero-order valence-electron chi connectivity index (χ0n) is 14.0. The topological polar surface area (TPSA) is 56.7 Å². The highest BCUT2D eigenvalue weighted by molar-refractivity contribution is 14.0. The largest absolute Gasteiger partial charge is 0.353 e. The normalized spacial score (nSPS) is 15.2. The van der Waals surface area contributed by atoms with Crippen LogP contribution >= 0.6 is 35.3 Å². The van der Waals surface area contributed by atoms with Crippen LogP contribution < -0.4 is 10.2 Å². The van der Waals surface area contributed by atoms with E-state index in [1.54, 1.807) is 11.3 Å². The number of anilines is 1. The van der Waals surface area contributed by atoms with Crippen LogP contribution in [0.25, 0.3) is 0 Å². The molecule has 0 aliphatic carbocycles. The van der Waals surface area contributed by atoms with Crippen molar-refractivity contribution < 1.29 is 0 Å². The molecule has 1 fully saturated rings. The minimum atomic E-state index is 0. The zero-order valence-corrected chi connectivity index (χ0v) is 17.1. The van der Waals surface area contributed by atoms with Crippen molar-refractivity contribution in [2.45, 2.75) is 13.5 Å². The number of hydrogen-bond donors (Lipinski definition) is 1. The first kappa shape index (κ1) is 18.9. The van der Waals surface area contributed by atoms with Crippen LogP contribution in [0.15, 0.2) is 34.8 Å². The summed E-state index contributed by atoms with van der Waals surface area (Å²) in [7, 11) is 1.83. The molecule has 6 nitrogen and oxygen atoms in total. The first-order chi connectivity index (χ1) is 11.3. The monoisotopic (exact) mass is 458 g/mol. The summed E-state index contributed by atoms with van der Waals surface area (Å²) in [4.78, 5) is 17.9. The van der Waals surface area contributed by atoms with Crippen LogP contribution in [-0.2, 0) is 6.54 Å². The van der Waals surface area contributed by atoms with Gasteiger partial charge in [-0.3, -0.25) is 4.99 Å². The van der Waals surface area contributed by atoms with E-state index < -0.39 is 0 Å². The van der Waals surface area contributed by atoms with Crippen LogP contribution in [0.3, 0.4) is 0 Å². The van der Waals surface area contributed by atoms with Crippen LogP contribution in [0, 0.1) is 6.92 Å². The smallest absolute Gasteiger partial charge is 0.194 e. The second-order valence-electron chi connectivity index (χ2n) is 5.45. The maximum Gasteiger partial charge on any atom is 0.194 e. The van der Waals surface area contributed by atoms with Gasteiger partial charge >= 0.3 is 0 Å². The molecule has 0 atom stereocenters. The Hall–Kier alpha value is -1.42. The Morgan fingerprint density at radius 1 is 1.29 bits per heavy atom. The summed E-state index contributed by atoms with van der Waals surface area (Å²) in [6.45, 7) is 6.53. The van der Waals surface area contributed by atoms with Crippen LogP contribution in [-0.4, -0.2) is 54.1 Å². The molecule has 1 aliphatic rings. The zero-order chi connectivity index (χ0) is 16.1. The Bertz CT molecular complexity index is 652. The van der Waals surface area contributed by atoms with Crippen molar-refractivity contribution in [1.82, 2.24) is 20.2 Å². The number of aliphatic imine (C=N–C) groups is 1. The SMILES string of the molecule is CN=C(NCc1nc(C)cs1)N1CCN(c2ccccn2)CC1.I. The summed E-state index contributed by atoms with van der Waals surface area (Å²) in [5.41, 5.74) is 1.07. The molecule has 2 aromatic heterocycles. The molecule has 3 rings (SSSR count). The van der Waals surface area contributed by atoms with E-state index in [0.717, 1.165) is 55.2 Å². The van der Waals surface area contributed by atoms with Crippen LogP contribution in [0.5, 0.6) is 0 Å². The Morgan fingerprint density at radius 3 is 2.67 bits per heavy atom. The third kappa shape index (κ3) is 4.79. The lowest BCUT2D eigenvalue weighted by atomic mass is 10.3. The van der Waals surface area contributed by atoms with Crippen LogP contribution in [0.1, 0.15) is 10.7 Å². The van der Waals surface area contributed by atoms with Crippen LogP contribution in [0.2, 0.25) is 0 Å². The molecule has 0 bridgehead atoms. The van der Waals surface area contributed by atoms with Crippen molar-refractivity contribution in [2.75, 3.05) is 38.1 Å². The third-order valence-corrected chi connectivity index (χ3v) is 4.80. The predicted molar refractivity (Wildman–Crippen MR) is 110 cm³/mol. The lowest BCUT2D eigenvalue weighted by Crippen LogP contribution is -2.52. The van der Waals surface area contributed by atoms with E-state index >= 15 is 0 Å². The number of pyridine rings is 1. The summed E-state index contributed by atoms with van der Waals surface area (Å²) in [6.07, 6.45) is 1.85. The summed E-state index contributed by atoms with van der Waals surface area (Å²) in [5.74, 6) is 1.99. The number of aromatic nitrogens is 2. The highest BCUT2D eigenvalue weighted by Gasteiger charge is 2.20. The molecule has 0 saturated carbocycles. The first-order valence-electron chi connectivity index (χ1n) is 7.79. The van der Waals surface area contributed by atoms with E-state index in [4.69, 9.17) is 0 Å². The van der Waals surface area contributed by atoms with E-state index in [9.17, 15) is 0 Å². The quantitative estimate of drug-likeness (QED) is 0.435. The van der Waals surface area contributed by atoms with Crippen molar-refractivity contribution in [3.8, 4) is 0 Å².